The van der Waals surface area contributed by atoms with E-state index in [1.807, 2.05) is 18.2 Å². The van der Waals surface area contributed by atoms with Gasteiger partial charge < -0.3 is 29.7 Å². The number of nitrogens with one attached hydrogen (secondary N) is 4. The number of nitro benzene ring substituents is 1. The molecule has 6 aromatic rings. The Bertz CT molecular complexity index is 3820. The lowest BCUT2D eigenvalue weighted by Crippen LogP contribution is -2.52. The van der Waals surface area contributed by atoms with E-state index in [0.29, 0.717) is 72.1 Å². The molecule has 2 aromatic heterocycles. The van der Waals surface area contributed by atoms with Crippen LogP contribution in [0.4, 0.5) is 17.1 Å². The number of imide groups is 1. The van der Waals surface area contributed by atoms with E-state index in [4.69, 9.17) is 16.3 Å². The van der Waals surface area contributed by atoms with Gasteiger partial charge in [0.2, 0.25) is 11.8 Å². The number of benzene rings is 4. The molecule has 20 nitrogen and oxygen atoms in total. The van der Waals surface area contributed by atoms with Crippen molar-refractivity contribution in [2.45, 2.75) is 76.3 Å². The van der Waals surface area contributed by atoms with Gasteiger partial charge in [-0.05, 0) is 127 Å². The van der Waals surface area contributed by atoms with E-state index in [1.165, 1.54) is 46.0 Å². The third-order valence-electron chi connectivity index (χ3n) is 16.4. The van der Waals surface area contributed by atoms with Crippen molar-refractivity contribution in [3.8, 4) is 23.3 Å². The fourth-order valence-electron chi connectivity index (χ4n) is 11.7. The quantitative estimate of drug-likeness (QED) is 0.0347. The van der Waals surface area contributed by atoms with Crippen LogP contribution in [0, 0.1) is 33.3 Å². The molecule has 428 valence electrons. The maximum atomic E-state index is 14.1. The zero-order valence-electron chi connectivity index (χ0n) is 45.8. The summed E-state index contributed by atoms with van der Waals surface area (Å²) in [6.45, 7) is 9.58. The summed E-state index contributed by atoms with van der Waals surface area (Å²) in [5, 5.41) is 19.3. The highest BCUT2D eigenvalue weighted by molar-refractivity contribution is 7.90. The van der Waals surface area contributed by atoms with Crippen LogP contribution >= 0.6 is 11.6 Å². The smallest absolute Gasteiger partial charge is 0.298 e. The van der Waals surface area contributed by atoms with Gasteiger partial charge in [-0.15, -0.1) is 0 Å². The highest BCUT2D eigenvalue weighted by Crippen LogP contribution is 2.44. The lowest BCUT2D eigenvalue weighted by Gasteiger charge is -2.39. The standard InChI is InChI=1S/C61H61ClN10O10S/c1-61(2)22-18-42(49(33-61)40-6-9-43(62)10-7-40)36-68-26-28-69(29-27-68)44-11-13-48(54(31-44)82-45-30-41-19-23-63-57(41)65-35-45)58(75)67-83(80,81)46-12-14-51(53(32-46)72(78)79)64-34-38-20-24-70(25-21-38)56(74)17-8-39-4-3-5-47-50(39)37-71(60(47)77)52-15-16-55(73)66-59(52)76/h3-7,9-14,19,23,30-32,35,38,52,64H,15-16,18,20-22,24-29,33-34,36-37H2,1-2H3,(H,63,65)(H,67,75)(H,66,73,76). The fraction of sp³-hybridized carbons (Fsp3) is 0.344. The van der Waals surface area contributed by atoms with Crippen LogP contribution in [-0.2, 0) is 31.0 Å². The maximum absolute atomic E-state index is 14.1. The van der Waals surface area contributed by atoms with Crippen LogP contribution in [0.1, 0.15) is 96.2 Å². The summed E-state index contributed by atoms with van der Waals surface area (Å²) in [6, 6.07) is 24.3. The molecule has 1 unspecified atom stereocenters. The summed E-state index contributed by atoms with van der Waals surface area (Å²) in [5.41, 5.74) is 6.61. The van der Waals surface area contributed by atoms with Crippen molar-refractivity contribution in [1.29, 1.82) is 0 Å². The minimum absolute atomic E-state index is 0.00364. The zero-order valence-corrected chi connectivity index (χ0v) is 47.4. The molecule has 0 saturated carbocycles. The van der Waals surface area contributed by atoms with Gasteiger partial charge in [-0.25, -0.2) is 18.1 Å². The monoisotopic (exact) mass is 1160 g/mol. The van der Waals surface area contributed by atoms with Gasteiger partial charge in [0.15, 0.2) is 0 Å². The number of hydrogen-bond donors (Lipinski definition) is 4. The number of carbonyl (C=O) groups is 5. The SMILES string of the molecule is CC1(C)CCC(CN2CCN(c3ccc(C(=O)NS(=O)(=O)c4ccc(NCC5CCN(C(=O)C#Cc6cccc7c6CN(C6CCC(=O)NC6=O)C7=O)CC5)c([N+](=O)[O-])c4)c(Oc4cnc5[nH]ccc5c4)c3)CC2)=C(c2ccc(Cl)cc2)C1. The van der Waals surface area contributed by atoms with Crippen LogP contribution in [0.2, 0.25) is 5.02 Å². The molecular weight excluding hydrogens is 1100 g/mol. The summed E-state index contributed by atoms with van der Waals surface area (Å²) in [5.74, 6) is 3.37. The minimum atomic E-state index is -4.68. The number of allylic oxidation sites excluding steroid dienone is 1. The van der Waals surface area contributed by atoms with Crippen molar-refractivity contribution in [2.24, 2.45) is 11.3 Å². The van der Waals surface area contributed by atoms with E-state index in [-0.39, 0.29) is 66.1 Å². The molecule has 5 amide bonds. The van der Waals surface area contributed by atoms with E-state index in [1.54, 1.807) is 47.5 Å². The van der Waals surface area contributed by atoms with Crippen molar-refractivity contribution in [1.82, 2.24) is 34.7 Å². The number of ether oxygens (including phenoxy) is 1. The Kier molecular flexibility index (Phi) is 15.8. The molecule has 3 saturated heterocycles. The molecule has 5 aliphatic rings. The van der Waals surface area contributed by atoms with Crippen molar-refractivity contribution in [2.75, 3.05) is 62.6 Å². The number of nitrogens with zero attached hydrogens (tertiary/aromatic N) is 6. The van der Waals surface area contributed by atoms with E-state index in [2.05, 4.69) is 72.9 Å². The Morgan fingerprint density at radius 1 is 0.928 bits per heavy atom. The number of H-pyrrole nitrogens is 1. The number of sulfonamides is 1. The molecule has 4 aliphatic heterocycles. The fourth-order valence-corrected chi connectivity index (χ4v) is 12.8. The van der Waals surface area contributed by atoms with Crippen LogP contribution in [0.25, 0.3) is 16.6 Å². The van der Waals surface area contributed by atoms with Gasteiger partial charge in [-0.2, -0.15) is 0 Å². The second-order valence-electron chi connectivity index (χ2n) is 22.5. The lowest BCUT2D eigenvalue weighted by molar-refractivity contribution is -0.384. The first-order chi connectivity index (χ1) is 39.8. The predicted octanol–water partition coefficient (Wildman–Crippen LogP) is 8.28. The van der Waals surface area contributed by atoms with Gasteiger partial charge in [0.25, 0.3) is 33.4 Å². The largest absolute Gasteiger partial charge is 0.455 e. The van der Waals surface area contributed by atoms with E-state index < -0.39 is 49.3 Å². The molecule has 1 atom stereocenters. The molecule has 6 heterocycles. The third-order valence-corrected chi connectivity index (χ3v) is 18.0. The van der Waals surface area contributed by atoms with Crippen LogP contribution in [0.3, 0.4) is 0 Å². The number of hydrogen-bond acceptors (Lipinski definition) is 14. The molecule has 22 heteroatoms. The normalized spacial score (nSPS) is 18.6. The van der Waals surface area contributed by atoms with Crippen molar-refractivity contribution < 1.29 is 42.1 Å². The Labute approximate surface area is 484 Å². The number of nitro groups is 1. The van der Waals surface area contributed by atoms with Gasteiger partial charge in [-0.3, -0.25) is 44.3 Å². The second kappa shape index (κ2) is 23.3. The minimum Gasteiger partial charge on any atom is -0.455 e. The predicted molar refractivity (Wildman–Crippen MR) is 312 cm³/mol. The van der Waals surface area contributed by atoms with Gasteiger partial charge in [0, 0.05) is 117 Å². The molecule has 4 aromatic carbocycles. The Morgan fingerprint density at radius 2 is 1.71 bits per heavy atom. The van der Waals surface area contributed by atoms with Crippen LogP contribution in [0.5, 0.6) is 11.5 Å². The van der Waals surface area contributed by atoms with E-state index in [9.17, 15) is 42.5 Å². The van der Waals surface area contributed by atoms with Gasteiger partial charge >= 0.3 is 0 Å². The van der Waals surface area contributed by atoms with Crippen LogP contribution < -0.4 is 25.0 Å². The molecule has 3 fully saturated rings. The van der Waals surface area contributed by atoms with Gasteiger partial charge in [0.1, 0.15) is 28.9 Å². The number of anilines is 2. The number of pyridine rings is 1. The third kappa shape index (κ3) is 12.5. The number of piperidine rings is 2. The number of amides is 5. The molecule has 0 bridgehead atoms. The number of halogens is 1. The number of rotatable bonds is 14. The average molecular weight is 1160 g/mol. The van der Waals surface area contributed by atoms with E-state index >= 15 is 0 Å². The lowest BCUT2D eigenvalue weighted by atomic mass is 9.72. The molecule has 1 aliphatic carbocycles. The first kappa shape index (κ1) is 56.3. The number of likely N-dealkylation sites (tertiary alicyclic amines) is 1. The molecular formula is C61H61ClN10O10S. The Morgan fingerprint density at radius 3 is 2.47 bits per heavy atom. The highest BCUT2D eigenvalue weighted by atomic mass is 35.5. The second-order valence-corrected chi connectivity index (χ2v) is 24.6. The number of fused-ring (bicyclic) bond motifs is 2. The molecule has 0 spiro atoms. The number of aromatic nitrogens is 2. The van der Waals surface area contributed by atoms with Crippen molar-refractivity contribution in [3.05, 3.63) is 152 Å². The Hall–Kier alpha value is -8.58. The highest BCUT2D eigenvalue weighted by Gasteiger charge is 2.40. The molecule has 83 heavy (non-hydrogen) atoms. The van der Waals surface area contributed by atoms with Crippen molar-refractivity contribution >= 4 is 84.8 Å². The summed E-state index contributed by atoms with van der Waals surface area (Å²) in [4.78, 5) is 91.4. The number of carbonyl (C=O) groups excluding carboxylic acids is 5. The van der Waals surface area contributed by atoms with Gasteiger partial charge in [0.05, 0.1) is 21.6 Å². The topological polar surface area (TPSA) is 250 Å². The first-order valence-electron chi connectivity index (χ1n) is 27.7. The first-order valence-corrected chi connectivity index (χ1v) is 29.6. The molecule has 4 N–H and O–H groups in total. The average Bonchev–Trinajstić information content (AvgIpc) is 4.34. The maximum Gasteiger partial charge on any atom is 0.298 e. The zero-order chi connectivity index (χ0) is 58.2. The van der Waals surface area contributed by atoms with Crippen molar-refractivity contribution in [3.63, 3.8) is 0 Å². The van der Waals surface area contributed by atoms with Crippen LogP contribution in [0.15, 0.2) is 114 Å². The summed E-state index contributed by atoms with van der Waals surface area (Å²) in [7, 11) is -4.68. The summed E-state index contributed by atoms with van der Waals surface area (Å²) >= 11 is 6.26. The summed E-state index contributed by atoms with van der Waals surface area (Å²) in [6.07, 6.45) is 7.81. The number of piperazine rings is 1. The number of aromatic amines is 1. The summed E-state index contributed by atoms with van der Waals surface area (Å²) < 4.78 is 36.4. The molecule has 0 radical (unpaired) electrons. The molecule has 11 rings (SSSR count). The Balaban J connectivity index is 0.724. The van der Waals surface area contributed by atoms with Gasteiger partial charge in [-0.1, -0.05) is 55.1 Å². The van der Waals surface area contributed by atoms with Crippen LogP contribution in [-0.4, -0.2) is 126 Å². The van der Waals surface area contributed by atoms with E-state index in [0.717, 1.165) is 56.0 Å².